The van der Waals surface area contributed by atoms with Gasteiger partial charge in [-0.05, 0) is 93.8 Å². The molecule has 3 atom stereocenters. The third-order valence-electron chi connectivity index (χ3n) is 6.21. The molecule has 2 bridgehead atoms. The van der Waals surface area contributed by atoms with Gasteiger partial charge in [0, 0.05) is 12.5 Å². The second-order valence-electron chi connectivity index (χ2n) is 8.72. The fraction of sp³-hybridized carbons (Fsp3) is 0.607. The molecule has 2 aliphatic carbocycles. The lowest BCUT2D eigenvalue weighted by Crippen LogP contribution is -2.36. The van der Waals surface area contributed by atoms with Gasteiger partial charge in [0.05, 0.1) is 6.61 Å². The van der Waals surface area contributed by atoms with Crippen LogP contribution >= 0.6 is 0 Å². The van der Waals surface area contributed by atoms with Crippen LogP contribution in [0.3, 0.4) is 0 Å². The molecule has 0 radical (unpaired) electrons. The van der Waals surface area contributed by atoms with E-state index in [1.54, 1.807) is 11.1 Å². The maximum absolute atomic E-state index is 10.8. The Morgan fingerprint density at radius 3 is 2.03 bits per heavy atom. The van der Waals surface area contributed by atoms with E-state index in [1.165, 1.54) is 31.2 Å². The Labute approximate surface area is 209 Å². The molecule has 0 N–H and O–H groups in total. The fourth-order valence-corrected chi connectivity index (χ4v) is 4.75. The molecular formula is C28H42F3NO3. The van der Waals surface area contributed by atoms with Crippen LogP contribution < -0.4 is 0 Å². The van der Waals surface area contributed by atoms with Gasteiger partial charge in [-0.3, -0.25) is 0 Å². The molecule has 1 unspecified atom stereocenters. The Hall–Kier alpha value is -2.37. The summed E-state index contributed by atoms with van der Waals surface area (Å²) in [4.78, 5) is 18.7. The number of hydrogen-bond acceptors (Lipinski definition) is 4. The van der Waals surface area contributed by atoms with Crippen molar-refractivity contribution in [2.75, 3.05) is 20.7 Å². The number of benzene rings is 1. The highest BCUT2D eigenvalue weighted by Gasteiger charge is 2.39. The van der Waals surface area contributed by atoms with Gasteiger partial charge in [-0.25, -0.2) is 0 Å². The number of nitrogens with zero attached hydrogens (tertiary/aromatic N) is 1. The average Bonchev–Trinajstić information content (AvgIpc) is 3.11. The van der Waals surface area contributed by atoms with E-state index in [-0.39, 0.29) is 6.15 Å². The molecule has 0 aliphatic heterocycles. The molecule has 0 heterocycles. The van der Waals surface area contributed by atoms with Crippen LogP contribution in [0.5, 0.6) is 0 Å². The molecule has 0 saturated heterocycles. The molecule has 1 aromatic rings. The van der Waals surface area contributed by atoms with Crippen LogP contribution in [-0.4, -0.2) is 44.0 Å². The number of rotatable bonds is 5. The third kappa shape index (κ3) is 11.3. The van der Waals surface area contributed by atoms with Crippen LogP contribution in [0.25, 0.3) is 6.08 Å². The van der Waals surface area contributed by atoms with Crippen molar-refractivity contribution in [1.29, 1.82) is 0 Å². The lowest BCUT2D eigenvalue weighted by Gasteiger charge is -2.29. The summed E-state index contributed by atoms with van der Waals surface area (Å²) in [5.41, 5.74) is 5.49. The van der Waals surface area contributed by atoms with Crippen molar-refractivity contribution in [3.05, 3.63) is 52.8 Å². The van der Waals surface area contributed by atoms with Gasteiger partial charge in [0.15, 0.2) is 0 Å². The summed E-state index contributed by atoms with van der Waals surface area (Å²) < 4.78 is 37.9. The number of allylic oxidation sites excluding steroid dienone is 1. The zero-order chi connectivity index (χ0) is 27.2. The number of alkyl halides is 3. The molecule has 1 saturated carbocycles. The van der Waals surface area contributed by atoms with Crippen molar-refractivity contribution in [3.63, 3.8) is 0 Å². The third-order valence-corrected chi connectivity index (χ3v) is 6.21. The first-order valence-electron chi connectivity index (χ1n) is 12.3. The van der Waals surface area contributed by atoms with Crippen molar-refractivity contribution in [1.82, 2.24) is 4.90 Å². The zero-order valence-corrected chi connectivity index (χ0v) is 22.3. The Bertz CT molecular complexity index is 840. The number of ether oxygens (including phenoxy) is 1. The van der Waals surface area contributed by atoms with Crippen LogP contribution in [0.2, 0.25) is 0 Å². The number of fused-ring (bicyclic) bond motifs is 3. The number of carbonyl (C=O) groups excluding carboxylic acids is 2. The fourth-order valence-electron chi connectivity index (χ4n) is 4.75. The van der Waals surface area contributed by atoms with Crippen LogP contribution in [0.15, 0.2) is 36.1 Å². The summed E-state index contributed by atoms with van der Waals surface area (Å²) >= 11 is 0. The topological polar surface area (TPSA) is 46.6 Å². The molecular weight excluding hydrogens is 455 g/mol. The highest BCUT2D eigenvalue weighted by molar-refractivity contribution is 5.58. The van der Waals surface area contributed by atoms with E-state index >= 15 is 0 Å². The molecule has 1 aromatic carbocycles. The Balaban J connectivity index is 0.000000894. The molecule has 35 heavy (non-hydrogen) atoms. The van der Waals surface area contributed by atoms with Gasteiger partial charge >= 0.3 is 12.3 Å². The summed E-state index contributed by atoms with van der Waals surface area (Å²) in [6.45, 7) is 13.8. The number of hydrogen-bond donors (Lipinski definition) is 0. The number of halogens is 3. The summed E-state index contributed by atoms with van der Waals surface area (Å²) in [5.74, 6) is 2.41. The highest BCUT2D eigenvalue weighted by Crippen LogP contribution is 2.42. The van der Waals surface area contributed by atoms with Gasteiger partial charge in [0.2, 0.25) is 0 Å². The van der Waals surface area contributed by atoms with Crippen LogP contribution in [0.4, 0.5) is 13.2 Å². The lowest BCUT2D eigenvalue weighted by atomic mass is 9.91. The summed E-state index contributed by atoms with van der Waals surface area (Å²) in [5, 5.41) is 0. The normalized spacial score (nSPS) is 20.4. The Morgan fingerprint density at radius 1 is 1.11 bits per heavy atom. The van der Waals surface area contributed by atoms with E-state index in [2.05, 4.69) is 56.8 Å². The minimum atomic E-state index is -3.96. The van der Waals surface area contributed by atoms with E-state index in [0.29, 0.717) is 6.61 Å². The summed E-state index contributed by atoms with van der Waals surface area (Å²) in [6, 6.07) is 7.75. The summed E-state index contributed by atoms with van der Waals surface area (Å²) in [6.07, 6.45) is 3.00. The minimum absolute atomic E-state index is 0.250. The van der Waals surface area contributed by atoms with Crippen LogP contribution in [0.1, 0.15) is 70.6 Å². The standard InChI is InChI=1S/C22H31NO.C3H5F3.C2H6.CO2/c1-6-24-16(3)15(2)11-17-7-8-18-13-19-9-10-20(14-21(18)12-17)22(19)23(4)5;1-2-3(4,5)6;1-2;2-1-3/h7-8,11-12,19-20,22H,3,6,9-10,13-14H2,1-2,4-5H3;2H2,1H3;1-2H3;/b15-11+;;;/t19-,20+,22?;;;/m0.../s1. The van der Waals surface area contributed by atoms with Crippen molar-refractivity contribution in [2.24, 2.45) is 11.8 Å². The lowest BCUT2D eigenvalue weighted by molar-refractivity contribution is -0.191. The van der Waals surface area contributed by atoms with Gasteiger partial charge in [0.25, 0.3) is 0 Å². The quantitative estimate of drug-likeness (QED) is 0.322. The molecule has 0 aromatic heterocycles. The monoisotopic (exact) mass is 497 g/mol. The van der Waals surface area contributed by atoms with Gasteiger partial charge in [0.1, 0.15) is 5.76 Å². The smallest absolute Gasteiger partial charge is 0.388 e. The molecule has 7 heteroatoms. The first kappa shape index (κ1) is 32.6. The second-order valence-corrected chi connectivity index (χ2v) is 8.72. The van der Waals surface area contributed by atoms with Gasteiger partial charge in [-0.2, -0.15) is 22.8 Å². The maximum atomic E-state index is 10.8. The maximum Gasteiger partial charge on any atom is 0.388 e. The Kier molecular flexibility index (Phi) is 15.2. The largest absolute Gasteiger partial charge is 0.494 e. The highest BCUT2D eigenvalue weighted by atomic mass is 19.4. The van der Waals surface area contributed by atoms with Gasteiger partial charge < -0.3 is 9.64 Å². The molecule has 3 rings (SSSR count). The van der Waals surface area contributed by atoms with E-state index in [9.17, 15) is 13.2 Å². The molecule has 198 valence electrons. The molecule has 0 amide bonds. The average molecular weight is 498 g/mol. The minimum Gasteiger partial charge on any atom is -0.494 e. The SMILES string of the molecule is C=C(OCC)/C(C)=C/c1ccc2c(c1)C[C@H]1CC[C@@H](C2)C1N(C)C.CC.CCC(F)(F)F.O=C=O. The predicted molar refractivity (Wildman–Crippen MR) is 135 cm³/mol. The van der Waals surface area contributed by atoms with E-state index in [4.69, 9.17) is 14.3 Å². The summed E-state index contributed by atoms with van der Waals surface area (Å²) in [7, 11) is 4.51. The predicted octanol–water partition coefficient (Wildman–Crippen LogP) is 7.10. The second kappa shape index (κ2) is 16.3. The van der Waals surface area contributed by atoms with Crippen molar-refractivity contribution < 1.29 is 27.5 Å². The van der Waals surface area contributed by atoms with E-state index in [1.807, 2.05) is 20.8 Å². The molecule has 0 spiro atoms. The van der Waals surface area contributed by atoms with Crippen molar-refractivity contribution in [3.8, 4) is 0 Å². The molecule has 1 fully saturated rings. The van der Waals surface area contributed by atoms with Crippen LogP contribution in [0, 0.1) is 11.8 Å². The Morgan fingerprint density at radius 2 is 1.60 bits per heavy atom. The van der Waals surface area contributed by atoms with Crippen molar-refractivity contribution in [2.45, 2.75) is 78.9 Å². The van der Waals surface area contributed by atoms with Gasteiger partial charge in [-0.1, -0.05) is 45.5 Å². The van der Waals surface area contributed by atoms with Crippen molar-refractivity contribution >= 4 is 12.2 Å². The molecule has 2 aliphatic rings. The van der Waals surface area contributed by atoms with E-state index < -0.39 is 12.6 Å². The van der Waals surface area contributed by atoms with Crippen LogP contribution in [-0.2, 0) is 27.2 Å². The van der Waals surface area contributed by atoms with E-state index in [0.717, 1.165) is 36.1 Å². The van der Waals surface area contributed by atoms with Gasteiger partial charge in [-0.15, -0.1) is 0 Å². The molecule has 4 nitrogen and oxygen atoms in total. The first-order valence-corrected chi connectivity index (χ1v) is 12.3. The first-order chi connectivity index (χ1) is 16.5. The zero-order valence-electron chi connectivity index (χ0n) is 22.3.